The first-order chi connectivity index (χ1) is 9.66. The van der Waals surface area contributed by atoms with Crippen LogP contribution in [-0.4, -0.2) is 29.6 Å². The molecule has 0 amide bonds. The number of carboxylic acids is 1. The first kappa shape index (κ1) is 14.8. The Kier molecular flexibility index (Phi) is 5.32. The van der Waals surface area contributed by atoms with Crippen LogP contribution in [0.15, 0.2) is 47.8 Å². The highest BCUT2D eigenvalue weighted by molar-refractivity contribution is 7.09. The average molecular weight is 289 g/mol. The Labute approximate surface area is 123 Å². The monoisotopic (exact) mass is 289 g/mol. The molecule has 4 heteroatoms. The van der Waals surface area contributed by atoms with Crippen LogP contribution in [0.25, 0.3) is 0 Å². The van der Waals surface area contributed by atoms with Gasteiger partial charge in [-0.1, -0.05) is 36.4 Å². The maximum absolute atomic E-state index is 11.1. The van der Waals surface area contributed by atoms with Crippen molar-refractivity contribution in [2.45, 2.75) is 18.9 Å². The van der Waals surface area contributed by atoms with E-state index in [-0.39, 0.29) is 12.5 Å². The average Bonchev–Trinajstić information content (AvgIpc) is 2.96. The number of carbonyl (C=O) groups is 1. The number of thiophene rings is 1. The maximum Gasteiger partial charge on any atom is 0.305 e. The number of hydrogen-bond donors (Lipinski definition) is 1. The molecule has 1 unspecified atom stereocenters. The summed E-state index contributed by atoms with van der Waals surface area (Å²) in [5.41, 5.74) is 1.06. The van der Waals surface area contributed by atoms with Crippen molar-refractivity contribution in [2.75, 3.05) is 13.6 Å². The number of rotatable bonds is 7. The van der Waals surface area contributed by atoms with Crippen molar-refractivity contribution in [3.05, 3.63) is 58.3 Å². The van der Waals surface area contributed by atoms with Gasteiger partial charge in [0, 0.05) is 17.5 Å². The number of aliphatic carboxylic acids is 1. The van der Waals surface area contributed by atoms with Crippen LogP contribution >= 0.6 is 11.3 Å². The third-order valence-electron chi connectivity index (χ3n) is 3.38. The Morgan fingerprint density at radius 2 is 2.00 bits per heavy atom. The van der Waals surface area contributed by atoms with E-state index in [1.807, 2.05) is 43.4 Å². The van der Waals surface area contributed by atoms with E-state index in [9.17, 15) is 4.79 Å². The summed E-state index contributed by atoms with van der Waals surface area (Å²) in [6.45, 7) is 0.855. The number of nitrogens with zero attached hydrogens (tertiary/aromatic N) is 1. The van der Waals surface area contributed by atoms with Gasteiger partial charge in [0.05, 0.1) is 6.42 Å². The fourth-order valence-corrected chi connectivity index (χ4v) is 2.96. The Bertz CT molecular complexity index is 525. The Balaban J connectivity index is 2.04. The molecule has 3 nitrogen and oxygen atoms in total. The van der Waals surface area contributed by atoms with Gasteiger partial charge in [0.1, 0.15) is 0 Å². The fraction of sp³-hybridized carbons (Fsp3) is 0.312. The maximum atomic E-state index is 11.1. The second kappa shape index (κ2) is 7.22. The van der Waals surface area contributed by atoms with Crippen LogP contribution in [0.5, 0.6) is 0 Å². The van der Waals surface area contributed by atoms with E-state index in [0.717, 1.165) is 18.5 Å². The van der Waals surface area contributed by atoms with Crippen LogP contribution in [0.1, 0.15) is 22.9 Å². The minimum atomic E-state index is -0.762. The highest BCUT2D eigenvalue weighted by Gasteiger charge is 2.19. The summed E-state index contributed by atoms with van der Waals surface area (Å²) in [6.07, 6.45) is 1.09. The van der Waals surface area contributed by atoms with E-state index in [0.29, 0.717) is 0 Å². The minimum Gasteiger partial charge on any atom is -0.481 e. The van der Waals surface area contributed by atoms with Gasteiger partial charge in [0.2, 0.25) is 0 Å². The molecule has 1 aromatic heterocycles. The topological polar surface area (TPSA) is 40.5 Å². The van der Waals surface area contributed by atoms with E-state index in [1.54, 1.807) is 11.3 Å². The molecule has 0 aliphatic carbocycles. The van der Waals surface area contributed by atoms with Gasteiger partial charge < -0.3 is 5.11 Å². The first-order valence-corrected chi connectivity index (χ1v) is 7.54. The summed E-state index contributed by atoms with van der Waals surface area (Å²) in [5.74, 6) is -0.762. The van der Waals surface area contributed by atoms with Crippen LogP contribution in [-0.2, 0) is 11.2 Å². The van der Waals surface area contributed by atoms with Gasteiger partial charge in [-0.2, -0.15) is 0 Å². The summed E-state index contributed by atoms with van der Waals surface area (Å²) in [4.78, 5) is 14.6. The third-order valence-corrected chi connectivity index (χ3v) is 4.31. The van der Waals surface area contributed by atoms with Crippen molar-refractivity contribution >= 4 is 17.3 Å². The van der Waals surface area contributed by atoms with Crippen molar-refractivity contribution in [1.29, 1.82) is 0 Å². The molecule has 2 aromatic rings. The minimum absolute atomic E-state index is 0.0753. The van der Waals surface area contributed by atoms with Gasteiger partial charge in [0.15, 0.2) is 0 Å². The van der Waals surface area contributed by atoms with E-state index >= 15 is 0 Å². The van der Waals surface area contributed by atoms with Crippen LogP contribution in [0.2, 0.25) is 0 Å². The van der Waals surface area contributed by atoms with Crippen molar-refractivity contribution < 1.29 is 9.90 Å². The molecular formula is C16H19NO2S. The molecule has 1 heterocycles. The molecular weight excluding hydrogens is 270 g/mol. The molecule has 106 valence electrons. The van der Waals surface area contributed by atoms with Gasteiger partial charge in [-0.25, -0.2) is 0 Å². The van der Waals surface area contributed by atoms with Crippen molar-refractivity contribution in [1.82, 2.24) is 4.90 Å². The number of benzene rings is 1. The highest BCUT2D eigenvalue weighted by atomic mass is 32.1. The van der Waals surface area contributed by atoms with Gasteiger partial charge in [0.25, 0.3) is 0 Å². The zero-order chi connectivity index (χ0) is 14.4. The zero-order valence-electron chi connectivity index (χ0n) is 11.5. The molecule has 0 spiro atoms. The molecule has 0 bridgehead atoms. The molecule has 0 fully saturated rings. The quantitative estimate of drug-likeness (QED) is 0.849. The molecule has 20 heavy (non-hydrogen) atoms. The molecule has 2 rings (SSSR count). The Hall–Kier alpha value is -1.65. The summed E-state index contributed by atoms with van der Waals surface area (Å²) < 4.78 is 0. The van der Waals surface area contributed by atoms with Gasteiger partial charge in [-0.3, -0.25) is 9.69 Å². The predicted octanol–water partition coefficient (Wildman–Crippen LogP) is 3.44. The van der Waals surface area contributed by atoms with Gasteiger partial charge in [-0.15, -0.1) is 11.3 Å². The standard InChI is InChI=1S/C16H19NO2S/c1-17(10-9-14-8-5-11-20-14)15(12-16(18)19)13-6-3-2-4-7-13/h2-8,11,15H,9-10,12H2,1H3,(H,18,19). The second-order valence-corrected chi connectivity index (χ2v) is 5.87. The summed E-state index contributed by atoms with van der Waals surface area (Å²) in [7, 11) is 1.99. The van der Waals surface area contributed by atoms with E-state index in [1.165, 1.54) is 4.88 Å². The largest absolute Gasteiger partial charge is 0.481 e. The summed E-state index contributed by atoms with van der Waals surface area (Å²) in [5, 5.41) is 11.2. The molecule has 1 atom stereocenters. The molecule has 0 radical (unpaired) electrons. The van der Waals surface area contributed by atoms with Crippen molar-refractivity contribution in [3.63, 3.8) is 0 Å². The van der Waals surface area contributed by atoms with E-state index < -0.39 is 5.97 Å². The van der Waals surface area contributed by atoms with E-state index in [2.05, 4.69) is 16.3 Å². The number of carboxylic acid groups (broad SMARTS) is 1. The Morgan fingerprint density at radius 3 is 2.60 bits per heavy atom. The number of likely N-dealkylation sites (N-methyl/N-ethyl adjacent to an activating group) is 1. The van der Waals surface area contributed by atoms with Crippen LogP contribution in [0.3, 0.4) is 0 Å². The molecule has 0 aliphatic rings. The highest BCUT2D eigenvalue weighted by Crippen LogP contribution is 2.23. The SMILES string of the molecule is CN(CCc1cccs1)C(CC(=O)O)c1ccccc1. The fourth-order valence-electron chi connectivity index (χ4n) is 2.27. The lowest BCUT2D eigenvalue weighted by Gasteiger charge is -2.27. The lowest BCUT2D eigenvalue weighted by atomic mass is 10.0. The lowest BCUT2D eigenvalue weighted by Crippen LogP contribution is -2.28. The first-order valence-electron chi connectivity index (χ1n) is 6.66. The molecule has 0 saturated heterocycles. The third kappa shape index (κ3) is 4.18. The summed E-state index contributed by atoms with van der Waals surface area (Å²) in [6, 6.07) is 13.9. The van der Waals surface area contributed by atoms with Gasteiger partial charge in [-0.05, 0) is 30.5 Å². The van der Waals surface area contributed by atoms with Crippen molar-refractivity contribution in [2.24, 2.45) is 0 Å². The van der Waals surface area contributed by atoms with Gasteiger partial charge >= 0.3 is 5.97 Å². The van der Waals surface area contributed by atoms with Crippen LogP contribution < -0.4 is 0 Å². The van der Waals surface area contributed by atoms with Crippen LogP contribution in [0.4, 0.5) is 0 Å². The smallest absolute Gasteiger partial charge is 0.305 e. The lowest BCUT2D eigenvalue weighted by molar-refractivity contribution is -0.138. The normalized spacial score (nSPS) is 12.5. The molecule has 1 N–H and O–H groups in total. The van der Waals surface area contributed by atoms with Crippen LogP contribution in [0, 0.1) is 0 Å². The zero-order valence-corrected chi connectivity index (χ0v) is 12.3. The summed E-state index contributed by atoms with van der Waals surface area (Å²) >= 11 is 1.74. The van der Waals surface area contributed by atoms with Crippen molar-refractivity contribution in [3.8, 4) is 0 Å². The molecule has 0 aliphatic heterocycles. The van der Waals surface area contributed by atoms with E-state index in [4.69, 9.17) is 5.11 Å². The second-order valence-electron chi connectivity index (χ2n) is 4.83. The predicted molar refractivity (Wildman–Crippen MR) is 82.1 cm³/mol. The molecule has 1 aromatic carbocycles. The number of hydrogen-bond acceptors (Lipinski definition) is 3. The Morgan fingerprint density at radius 1 is 1.25 bits per heavy atom. The molecule has 0 saturated carbocycles.